The van der Waals surface area contributed by atoms with Crippen LogP contribution in [0.25, 0.3) is 0 Å². The van der Waals surface area contributed by atoms with Gasteiger partial charge in [-0.15, -0.1) is 0 Å². The van der Waals surface area contributed by atoms with E-state index in [-0.39, 0.29) is 11.5 Å². The van der Waals surface area contributed by atoms with E-state index in [9.17, 15) is 16.8 Å². The molecule has 0 saturated heterocycles. The Hall–Kier alpha value is -0.590. The number of hydrogen-bond acceptors (Lipinski definition) is 4. The van der Waals surface area contributed by atoms with Gasteiger partial charge in [0, 0.05) is 10.7 Å². The van der Waals surface area contributed by atoms with Gasteiger partial charge in [-0.3, -0.25) is 0 Å². The second kappa shape index (κ2) is 3.72. The van der Waals surface area contributed by atoms with Gasteiger partial charge in [0.1, 0.15) is 0 Å². The third-order valence-corrected chi connectivity index (χ3v) is 5.25. The molecule has 1 heterocycles. The van der Waals surface area contributed by atoms with Crippen LogP contribution in [-0.2, 0) is 31.1 Å². The minimum atomic E-state index is -3.60. The zero-order valence-corrected chi connectivity index (χ0v) is 10.6. The van der Waals surface area contributed by atoms with E-state index in [1.54, 1.807) is 6.07 Å². The van der Waals surface area contributed by atoms with E-state index in [4.69, 9.17) is 10.7 Å². The van der Waals surface area contributed by atoms with Crippen molar-refractivity contribution in [3.05, 3.63) is 29.3 Å². The van der Waals surface area contributed by atoms with Crippen LogP contribution < -0.4 is 0 Å². The molecule has 1 aliphatic rings. The van der Waals surface area contributed by atoms with Crippen molar-refractivity contribution in [1.82, 2.24) is 0 Å². The molecular formula is C9H9ClO4S2. The molecule has 1 aromatic carbocycles. The lowest BCUT2D eigenvalue weighted by molar-refractivity contribution is 0.600. The molecule has 0 aromatic heterocycles. The summed E-state index contributed by atoms with van der Waals surface area (Å²) in [4.78, 5) is 0.309. The van der Waals surface area contributed by atoms with Gasteiger partial charge < -0.3 is 0 Å². The first-order valence-corrected chi connectivity index (χ1v) is 8.68. The lowest BCUT2D eigenvalue weighted by Crippen LogP contribution is -1.99. The summed E-state index contributed by atoms with van der Waals surface area (Å²) < 4.78 is 44.8. The summed E-state index contributed by atoms with van der Waals surface area (Å²) in [5, 5.41) is 0. The molecule has 2 rings (SSSR count). The van der Waals surface area contributed by atoms with Crippen LogP contribution in [0.3, 0.4) is 0 Å². The fourth-order valence-electron chi connectivity index (χ4n) is 1.77. The van der Waals surface area contributed by atoms with Crippen LogP contribution in [0.15, 0.2) is 23.1 Å². The number of rotatable bonds is 2. The summed E-state index contributed by atoms with van der Waals surface area (Å²) in [5.41, 5.74) is 1.20. The van der Waals surface area contributed by atoms with Crippen LogP contribution in [0.1, 0.15) is 11.1 Å². The third kappa shape index (κ3) is 2.39. The van der Waals surface area contributed by atoms with Crippen molar-refractivity contribution in [3.8, 4) is 0 Å². The van der Waals surface area contributed by atoms with Crippen LogP contribution in [0, 0.1) is 0 Å². The van der Waals surface area contributed by atoms with E-state index in [0.29, 0.717) is 22.4 Å². The molecule has 0 saturated carbocycles. The molecular weight excluding hydrogens is 272 g/mol. The monoisotopic (exact) mass is 280 g/mol. The first-order chi connectivity index (χ1) is 7.28. The van der Waals surface area contributed by atoms with Gasteiger partial charge in [0.2, 0.25) is 9.05 Å². The van der Waals surface area contributed by atoms with Crippen LogP contribution in [0.4, 0.5) is 0 Å². The van der Waals surface area contributed by atoms with Crippen molar-refractivity contribution in [3.63, 3.8) is 0 Å². The van der Waals surface area contributed by atoms with Crippen LogP contribution >= 0.6 is 10.7 Å². The summed E-state index contributed by atoms with van der Waals surface area (Å²) in [5.74, 6) is -0.179. The molecule has 0 atom stereocenters. The molecule has 0 spiro atoms. The van der Waals surface area contributed by atoms with Gasteiger partial charge >= 0.3 is 0 Å². The molecule has 4 nitrogen and oxygen atoms in total. The zero-order valence-electron chi connectivity index (χ0n) is 8.18. The molecule has 0 unspecified atom stereocenters. The highest BCUT2D eigenvalue weighted by molar-refractivity contribution is 8.13. The van der Waals surface area contributed by atoms with Crippen molar-refractivity contribution in [1.29, 1.82) is 0 Å². The summed E-state index contributed by atoms with van der Waals surface area (Å²) >= 11 is 0. The summed E-state index contributed by atoms with van der Waals surface area (Å²) in [7, 11) is -1.62. The highest BCUT2D eigenvalue weighted by Crippen LogP contribution is 2.27. The van der Waals surface area contributed by atoms with Gasteiger partial charge in [0.15, 0.2) is 9.84 Å². The van der Waals surface area contributed by atoms with Gasteiger partial charge in [-0.2, -0.15) is 0 Å². The third-order valence-electron chi connectivity index (χ3n) is 2.44. The normalized spacial score (nSPS) is 18.3. The second-order valence-corrected chi connectivity index (χ2v) is 8.55. The minimum absolute atomic E-state index is 0.0966. The van der Waals surface area contributed by atoms with Gasteiger partial charge in [-0.25, -0.2) is 16.8 Å². The van der Waals surface area contributed by atoms with E-state index < -0.39 is 18.9 Å². The maximum Gasteiger partial charge on any atom is 0.236 e. The Bertz CT molecular complexity index is 631. The maximum atomic E-state index is 11.5. The smallest absolute Gasteiger partial charge is 0.224 e. The Morgan fingerprint density at radius 1 is 1.31 bits per heavy atom. The predicted molar refractivity (Wildman–Crippen MR) is 60.7 cm³/mol. The minimum Gasteiger partial charge on any atom is -0.224 e. The largest absolute Gasteiger partial charge is 0.236 e. The standard InChI is InChI=1S/C9H9ClO4S2/c10-16(13,14)6-7-1-2-9-8(5-7)3-4-15(9,11)12/h1-2,5H,3-4,6H2. The highest BCUT2D eigenvalue weighted by Gasteiger charge is 2.26. The number of fused-ring (bicyclic) bond motifs is 1. The Balaban J connectivity index is 2.44. The molecule has 0 fully saturated rings. The Labute approximate surface area is 98.6 Å². The lowest BCUT2D eigenvalue weighted by Gasteiger charge is -2.02. The quantitative estimate of drug-likeness (QED) is 0.761. The number of halogens is 1. The van der Waals surface area contributed by atoms with Gasteiger partial charge in [0.25, 0.3) is 0 Å². The summed E-state index contributed by atoms with van der Waals surface area (Å²) in [6.07, 6.45) is 0.438. The molecule has 0 bridgehead atoms. The topological polar surface area (TPSA) is 68.3 Å². The second-order valence-electron chi connectivity index (χ2n) is 3.69. The van der Waals surface area contributed by atoms with E-state index >= 15 is 0 Å². The first-order valence-electron chi connectivity index (χ1n) is 4.55. The number of aryl methyl sites for hydroxylation is 1. The predicted octanol–water partition coefficient (Wildman–Crippen LogP) is 1.09. The highest BCUT2D eigenvalue weighted by atomic mass is 35.7. The summed E-state index contributed by atoms with van der Waals surface area (Å²) in [6, 6.07) is 4.54. The van der Waals surface area contributed by atoms with Gasteiger partial charge in [-0.1, -0.05) is 12.1 Å². The van der Waals surface area contributed by atoms with Crippen molar-refractivity contribution in [2.24, 2.45) is 0 Å². The van der Waals surface area contributed by atoms with Gasteiger partial charge in [-0.05, 0) is 23.6 Å². The average Bonchev–Trinajstić information content (AvgIpc) is 2.39. The summed E-state index contributed by atoms with van der Waals surface area (Å²) in [6.45, 7) is 0. The molecule has 0 N–H and O–H groups in total. The SMILES string of the molecule is O=S(=O)(Cl)Cc1ccc2c(c1)CCS2(=O)=O. The van der Waals surface area contributed by atoms with Crippen molar-refractivity contribution >= 4 is 29.6 Å². The Morgan fingerprint density at radius 2 is 2.00 bits per heavy atom. The zero-order chi connectivity index (χ0) is 12.0. The molecule has 1 aliphatic heterocycles. The molecule has 88 valence electrons. The Morgan fingerprint density at radius 3 is 2.62 bits per heavy atom. The van der Waals surface area contributed by atoms with Crippen LogP contribution in [-0.4, -0.2) is 22.6 Å². The van der Waals surface area contributed by atoms with Crippen molar-refractivity contribution < 1.29 is 16.8 Å². The molecule has 0 aliphatic carbocycles. The molecule has 1 aromatic rings. The lowest BCUT2D eigenvalue weighted by atomic mass is 10.1. The maximum absolute atomic E-state index is 11.5. The Kier molecular flexibility index (Phi) is 2.76. The van der Waals surface area contributed by atoms with E-state index in [0.717, 1.165) is 0 Å². The molecule has 7 heteroatoms. The fourth-order valence-corrected chi connectivity index (χ4v) is 4.27. The van der Waals surface area contributed by atoms with E-state index in [1.165, 1.54) is 12.1 Å². The molecule has 16 heavy (non-hydrogen) atoms. The van der Waals surface area contributed by atoms with Crippen LogP contribution in [0.2, 0.25) is 0 Å². The van der Waals surface area contributed by atoms with Gasteiger partial charge in [0.05, 0.1) is 16.4 Å². The van der Waals surface area contributed by atoms with E-state index in [2.05, 4.69) is 0 Å². The van der Waals surface area contributed by atoms with Crippen LogP contribution in [0.5, 0.6) is 0 Å². The first kappa shape index (κ1) is 11.9. The molecule has 0 radical (unpaired) electrons. The van der Waals surface area contributed by atoms with E-state index in [1.807, 2.05) is 0 Å². The van der Waals surface area contributed by atoms with Crippen molar-refractivity contribution in [2.75, 3.05) is 5.75 Å². The number of sulfone groups is 1. The van der Waals surface area contributed by atoms with Crippen molar-refractivity contribution in [2.45, 2.75) is 17.1 Å². The average molecular weight is 281 g/mol. The number of benzene rings is 1. The number of hydrogen-bond donors (Lipinski definition) is 0. The molecule has 0 amide bonds. The fraction of sp³-hybridized carbons (Fsp3) is 0.333.